The molecule has 1 aliphatic heterocycles. The van der Waals surface area contributed by atoms with Crippen LogP contribution in [0.3, 0.4) is 0 Å². The van der Waals surface area contributed by atoms with Gasteiger partial charge in [0.15, 0.2) is 10.9 Å². The fourth-order valence-corrected chi connectivity index (χ4v) is 5.10. The Morgan fingerprint density at radius 2 is 2.00 bits per heavy atom. The van der Waals surface area contributed by atoms with Crippen molar-refractivity contribution in [3.05, 3.63) is 71.5 Å². The van der Waals surface area contributed by atoms with Gasteiger partial charge in [-0.05, 0) is 36.4 Å². The highest BCUT2D eigenvalue weighted by atomic mass is 32.2. The number of aromatic nitrogens is 2. The molecular weight excluding hydrogens is 416 g/mol. The van der Waals surface area contributed by atoms with E-state index in [0.717, 1.165) is 22.0 Å². The number of thioether (sulfide) groups is 2. The molecule has 150 valence electrons. The summed E-state index contributed by atoms with van der Waals surface area (Å²) in [5.41, 5.74) is 2.10. The van der Waals surface area contributed by atoms with E-state index in [2.05, 4.69) is 11.1 Å². The summed E-state index contributed by atoms with van der Waals surface area (Å²) in [4.78, 5) is 20.2. The Hall–Kier alpha value is -3.15. The van der Waals surface area contributed by atoms with E-state index in [9.17, 15) is 10.1 Å². The number of para-hydroxylation sites is 1. The number of hydrogen-bond acceptors (Lipinski definition) is 7. The van der Waals surface area contributed by atoms with Gasteiger partial charge in [-0.15, -0.1) is 0 Å². The maximum absolute atomic E-state index is 12.9. The number of imidazole rings is 1. The number of ketones is 1. The second-order valence-electron chi connectivity index (χ2n) is 6.41. The zero-order valence-electron chi connectivity index (χ0n) is 16.4. The molecule has 30 heavy (non-hydrogen) atoms. The Morgan fingerprint density at radius 3 is 2.70 bits per heavy atom. The van der Waals surface area contributed by atoms with Crippen LogP contribution in [-0.2, 0) is 4.79 Å². The lowest BCUT2D eigenvalue weighted by atomic mass is 10.2. The summed E-state index contributed by atoms with van der Waals surface area (Å²) in [5, 5.41) is 11.0. The van der Waals surface area contributed by atoms with Crippen LogP contribution in [0, 0.1) is 11.3 Å². The minimum absolute atomic E-state index is 0.129. The van der Waals surface area contributed by atoms with Crippen LogP contribution in [0.15, 0.2) is 81.6 Å². The van der Waals surface area contributed by atoms with Gasteiger partial charge in [-0.1, -0.05) is 35.7 Å². The molecular formula is C22H18N4O2S2. The number of anilines is 1. The lowest BCUT2D eigenvalue weighted by molar-refractivity contribution is -0.112. The van der Waals surface area contributed by atoms with Gasteiger partial charge in [0.05, 0.1) is 18.6 Å². The Bertz CT molecular complexity index is 1160. The van der Waals surface area contributed by atoms with E-state index in [1.807, 2.05) is 71.2 Å². The quantitative estimate of drug-likeness (QED) is 0.321. The maximum atomic E-state index is 12.9. The molecule has 0 radical (unpaired) electrons. The van der Waals surface area contributed by atoms with Crippen molar-refractivity contribution in [2.24, 2.45) is 0 Å². The van der Waals surface area contributed by atoms with Gasteiger partial charge in [-0.2, -0.15) is 5.26 Å². The average Bonchev–Trinajstić information content (AvgIpc) is 3.38. The fourth-order valence-electron chi connectivity index (χ4n) is 3.09. The van der Waals surface area contributed by atoms with Gasteiger partial charge < -0.3 is 9.64 Å². The highest BCUT2D eigenvalue weighted by molar-refractivity contribution is 8.03. The third-order valence-electron chi connectivity index (χ3n) is 4.63. The number of nitriles is 1. The standard InChI is InChI=1S/C22H18N4O2S2/c1-25-18-5-3-4-6-20(18)30-21(25)17(13-23)19(27)14-29-22-24-11-12-26(22)15-7-9-16(28-2)10-8-15/h3-12H,14H2,1-2H3/b21-17-. The van der Waals surface area contributed by atoms with Crippen LogP contribution < -0.4 is 9.64 Å². The third-order valence-corrected chi connectivity index (χ3v) is 6.84. The van der Waals surface area contributed by atoms with E-state index in [1.165, 1.54) is 23.5 Å². The van der Waals surface area contributed by atoms with Gasteiger partial charge in [0.2, 0.25) is 0 Å². The lowest BCUT2D eigenvalue weighted by Gasteiger charge is -2.14. The molecule has 0 spiro atoms. The van der Waals surface area contributed by atoms with Gasteiger partial charge in [0.1, 0.15) is 22.4 Å². The molecule has 0 unspecified atom stereocenters. The molecule has 4 rings (SSSR count). The fraction of sp³-hybridized carbons (Fsp3) is 0.136. The molecule has 8 heteroatoms. The summed E-state index contributed by atoms with van der Waals surface area (Å²) in [6.07, 6.45) is 3.54. The molecule has 0 atom stereocenters. The molecule has 3 aromatic rings. The number of methoxy groups -OCH3 is 1. The summed E-state index contributed by atoms with van der Waals surface area (Å²) in [6, 6.07) is 17.6. The number of Topliss-reactive ketones (excluding diaryl/α,β-unsaturated/α-hetero) is 1. The van der Waals surface area contributed by atoms with Crippen LogP contribution in [0.1, 0.15) is 0 Å². The molecule has 6 nitrogen and oxygen atoms in total. The van der Waals surface area contributed by atoms with E-state index in [-0.39, 0.29) is 17.1 Å². The number of fused-ring (bicyclic) bond motifs is 1. The predicted molar refractivity (Wildman–Crippen MR) is 119 cm³/mol. The Morgan fingerprint density at radius 1 is 1.23 bits per heavy atom. The number of hydrogen-bond donors (Lipinski definition) is 0. The molecule has 0 aliphatic carbocycles. The van der Waals surface area contributed by atoms with Crippen LogP contribution in [0.2, 0.25) is 0 Å². The monoisotopic (exact) mass is 434 g/mol. The summed E-state index contributed by atoms with van der Waals surface area (Å²) in [6.45, 7) is 0. The van der Waals surface area contributed by atoms with Crippen molar-refractivity contribution in [3.8, 4) is 17.5 Å². The zero-order chi connectivity index (χ0) is 21.1. The maximum Gasteiger partial charge on any atom is 0.186 e. The minimum atomic E-state index is -0.214. The molecule has 0 N–H and O–H groups in total. The van der Waals surface area contributed by atoms with Crippen molar-refractivity contribution < 1.29 is 9.53 Å². The first-order chi connectivity index (χ1) is 14.6. The van der Waals surface area contributed by atoms with E-state index in [4.69, 9.17) is 4.74 Å². The van der Waals surface area contributed by atoms with Crippen molar-refractivity contribution in [1.82, 2.24) is 9.55 Å². The third kappa shape index (κ3) is 3.82. The minimum Gasteiger partial charge on any atom is -0.497 e. The van der Waals surface area contributed by atoms with E-state index in [0.29, 0.717) is 10.2 Å². The number of rotatable bonds is 6. The molecule has 0 saturated carbocycles. The second-order valence-corrected chi connectivity index (χ2v) is 8.38. The molecule has 2 aromatic carbocycles. The number of benzene rings is 2. The highest BCUT2D eigenvalue weighted by Gasteiger charge is 2.28. The smallest absolute Gasteiger partial charge is 0.186 e. The van der Waals surface area contributed by atoms with Crippen molar-refractivity contribution in [1.29, 1.82) is 5.26 Å². The van der Waals surface area contributed by atoms with Crippen molar-refractivity contribution in [3.63, 3.8) is 0 Å². The highest BCUT2D eigenvalue weighted by Crippen LogP contribution is 2.46. The van der Waals surface area contributed by atoms with Gasteiger partial charge in [-0.3, -0.25) is 9.36 Å². The van der Waals surface area contributed by atoms with Crippen molar-refractivity contribution in [2.75, 3.05) is 24.8 Å². The largest absolute Gasteiger partial charge is 0.497 e. The number of nitrogens with zero attached hydrogens (tertiary/aromatic N) is 4. The van der Waals surface area contributed by atoms with Gasteiger partial charge >= 0.3 is 0 Å². The van der Waals surface area contributed by atoms with Gasteiger partial charge in [0, 0.05) is 30.0 Å². The summed E-state index contributed by atoms with van der Waals surface area (Å²) in [7, 11) is 3.50. The Labute approximate surface area is 183 Å². The van der Waals surface area contributed by atoms with Crippen LogP contribution in [0.5, 0.6) is 5.75 Å². The van der Waals surface area contributed by atoms with Crippen LogP contribution in [-0.4, -0.2) is 35.2 Å². The van der Waals surface area contributed by atoms with Crippen molar-refractivity contribution >= 4 is 35.0 Å². The molecule has 0 amide bonds. The van der Waals surface area contributed by atoms with Crippen LogP contribution >= 0.6 is 23.5 Å². The van der Waals surface area contributed by atoms with E-state index < -0.39 is 0 Å². The topological polar surface area (TPSA) is 71.1 Å². The number of carbonyl (C=O) groups is 1. The number of allylic oxidation sites excluding steroid dienone is 1. The number of carbonyl (C=O) groups excluding carboxylic acids is 1. The summed E-state index contributed by atoms with van der Waals surface area (Å²) < 4.78 is 7.10. The SMILES string of the molecule is COc1ccc(-n2ccnc2SCC(=O)/C(C#N)=C2\Sc3ccccc3N2C)cc1. The van der Waals surface area contributed by atoms with Gasteiger partial charge in [0.25, 0.3) is 0 Å². The molecule has 0 saturated heterocycles. The van der Waals surface area contributed by atoms with Crippen molar-refractivity contribution in [2.45, 2.75) is 10.1 Å². The zero-order valence-corrected chi connectivity index (χ0v) is 18.0. The Balaban J connectivity index is 1.52. The normalized spacial score (nSPS) is 14.2. The molecule has 1 aliphatic rings. The second kappa shape index (κ2) is 8.69. The molecule has 0 bridgehead atoms. The number of ether oxygens (including phenoxy) is 1. The average molecular weight is 435 g/mol. The predicted octanol–water partition coefficient (Wildman–Crippen LogP) is 4.52. The first kappa shape index (κ1) is 20.1. The first-order valence-electron chi connectivity index (χ1n) is 9.11. The van der Waals surface area contributed by atoms with Gasteiger partial charge in [-0.25, -0.2) is 4.98 Å². The first-order valence-corrected chi connectivity index (χ1v) is 10.9. The van der Waals surface area contributed by atoms with E-state index in [1.54, 1.807) is 13.3 Å². The molecule has 2 heterocycles. The lowest BCUT2D eigenvalue weighted by Crippen LogP contribution is -2.16. The van der Waals surface area contributed by atoms with E-state index >= 15 is 0 Å². The summed E-state index contributed by atoms with van der Waals surface area (Å²) >= 11 is 2.76. The molecule has 1 aromatic heterocycles. The summed E-state index contributed by atoms with van der Waals surface area (Å²) in [5.74, 6) is 0.686. The van der Waals surface area contributed by atoms with Crippen LogP contribution in [0.25, 0.3) is 5.69 Å². The Kier molecular flexibility index (Phi) is 5.84. The van der Waals surface area contributed by atoms with Crippen LogP contribution in [0.4, 0.5) is 5.69 Å². The molecule has 0 fully saturated rings.